The van der Waals surface area contributed by atoms with Crippen molar-refractivity contribution >= 4 is 17.2 Å². The first-order valence-electron chi connectivity index (χ1n) is 5.93. The van der Waals surface area contributed by atoms with E-state index in [4.69, 9.17) is 5.73 Å². The van der Waals surface area contributed by atoms with E-state index in [1.165, 1.54) is 0 Å². The number of nitrogens with zero attached hydrogens (tertiary/aromatic N) is 1. The van der Waals surface area contributed by atoms with Gasteiger partial charge in [-0.3, -0.25) is 4.79 Å². The summed E-state index contributed by atoms with van der Waals surface area (Å²) in [5.41, 5.74) is 6.86. The molecule has 0 spiro atoms. The van der Waals surface area contributed by atoms with E-state index < -0.39 is 6.04 Å². The van der Waals surface area contributed by atoms with Crippen LogP contribution in [0, 0.1) is 12.8 Å². The first-order chi connectivity index (χ1) is 7.95. The zero-order valence-corrected chi connectivity index (χ0v) is 11.7. The third kappa shape index (κ3) is 3.78. The fourth-order valence-corrected chi connectivity index (χ4v) is 2.26. The van der Waals surface area contributed by atoms with E-state index in [1.54, 1.807) is 11.3 Å². The van der Waals surface area contributed by atoms with Gasteiger partial charge in [0.25, 0.3) is 0 Å². The van der Waals surface area contributed by atoms with Gasteiger partial charge in [-0.2, -0.15) is 0 Å². The van der Waals surface area contributed by atoms with Crippen LogP contribution in [0.5, 0.6) is 0 Å². The summed E-state index contributed by atoms with van der Waals surface area (Å²) in [5, 5.41) is 5.81. The number of aryl methyl sites for hydroxylation is 1. The summed E-state index contributed by atoms with van der Waals surface area (Å²) < 4.78 is 0. The van der Waals surface area contributed by atoms with Crippen molar-refractivity contribution in [2.45, 2.75) is 46.2 Å². The number of nitrogens with two attached hydrogens (primary N) is 1. The van der Waals surface area contributed by atoms with Crippen LogP contribution in [0.25, 0.3) is 0 Å². The molecule has 0 fully saturated rings. The first-order valence-corrected chi connectivity index (χ1v) is 6.81. The summed E-state index contributed by atoms with van der Waals surface area (Å²) in [6.07, 6.45) is 0.902. The van der Waals surface area contributed by atoms with Crippen LogP contribution in [0.4, 0.5) is 0 Å². The number of hydrogen-bond acceptors (Lipinski definition) is 4. The molecule has 1 aromatic heterocycles. The number of nitrogens with one attached hydrogen (secondary N) is 1. The van der Waals surface area contributed by atoms with E-state index in [2.05, 4.69) is 10.3 Å². The fourth-order valence-electron chi connectivity index (χ4n) is 1.45. The van der Waals surface area contributed by atoms with Gasteiger partial charge in [0.15, 0.2) is 0 Å². The van der Waals surface area contributed by atoms with Gasteiger partial charge >= 0.3 is 0 Å². The van der Waals surface area contributed by atoms with E-state index >= 15 is 0 Å². The minimum atomic E-state index is -0.441. The molecule has 0 bridgehead atoms. The molecular formula is C12H21N3OS. The summed E-state index contributed by atoms with van der Waals surface area (Å²) in [7, 11) is 0. The monoisotopic (exact) mass is 255 g/mol. The molecule has 0 aliphatic carbocycles. The highest BCUT2D eigenvalue weighted by Gasteiger charge is 2.21. The van der Waals surface area contributed by atoms with Crippen LogP contribution in [0.15, 0.2) is 5.38 Å². The van der Waals surface area contributed by atoms with Gasteiger partial charge < -0.3 is 11.1 Å². The molecule has 5 heteroatoms. The summed E-state index contributed by atoms with van der Waals surface area (Å²) in [5.74, 6) is 0.0972. The molecule has 0 aliphatic heterocycles. The molecular weight excluding hydrogens is 234 g/mol. The number of aromatic nitrogens is 1. The van der Waals surface area contributed by atoms with Crippen molar-refractivity contribution in [3.05, 3.63) is 16.1 Å². The smallest absolute Gasteiger partial charge is 0.237 e. The predicted molar refractivity (Wildman–Crippen MR) is 70.8 cm³/mol. The SMILES string of the molecule is CC[C@H](C)[C@H](N)C(=O)NC(C)c1nc(C)cs1. The van der Waals surface area contributed by atoms with Crippen molar-refractivity contribution < 1.29 is 4.79 Å². The van der Waals surface area contributed by atoms with Crippen LogP contribution in [0.3, 0.4) is 0 Å². The zero-order valence-electron chi connectivity index (χ0n) is 10.9. The molecule has 17 heavy (non-hydrogen) atoms. The van der Waals surface area contributed by atoms with Crippen molar-refractivity contribution in [2.24, 2.45) is 11.7 Å². The maximum atomic E-state index is 11.9. The molecule has 0 saturated carbocycles. The predicted octanol–water partition coefficient (Wildman–Crippen LogP) is 2.00. The number of hydrogen-bond donors (Lipinski definition) is 2. The van der Waals surface area contributed by atoms with Gasteiger partial charge in [-0.05, 0) is 19.8 Å². The molecule has 1 rings (SSSR count). The normalized spacial score (nSPS) is 16.3. The molecule has 96 valence electrons. The lowest BCUT2D eigenvalue weighted by Crippen LogP contribution is -2.45. The highest BCUT2D eigenvalue weighted by atomic mass is 32.1. The van der Waals surface area contributed by atoms with Crippen LogP contribution >= 0.6 is 11.3 Å². The number of carbonyl (C=O) groups excluding carboxylic acids is 1. The Kier molecular flexibility index (Phi) is 5.08. The molecule has 1 aromatic rings. The van der Waals surface area contributed by atoms with E-state index in [0.29, 0.717) is 0 Å². The fraction of sp³-hybridized carbons (Fsp3) is 0.667. The lowest BCUT2D eigenvalue weighted by molar-refractivity contribution is -0.124. The quantitative estimate of drug-likeness (QED) is 0.845. The van der Waals surface area contributed by atoms with E-state index in [1.807, 2.05) is 33.1 Å². The topological polar surface area (TPSA) is 68.0 Å². The third-order valence-electron chi connectivity index (χ3n) is 2.93. The van der Waals surface area contributed by atoms with Crippen LogP contribution in [-0.4, -0.2) is 16.9 Å². The molecule has 1 unspecified atom stereocenters. The van der Waals surface area contributed by atoms with Crippen LogP contribution in [-0.2, 0) is 4.79 Å². The maximum Gasteiger partial charge on any atom is 0.237 e. The summed E-state index contributed by atoms with van der Waals surface area (Å²) in [6, 6.07) is -0.514. The molecule has 3 N–H and O–H groups in total. The van der Waals surface area contributed by atoms with Crippen molar-refractivity contribution in [3.63, 3.8) is 0 Å². The molecule has 0 aliphatic rings. The number of rotatable bonds is 5. The van der Waals surface area contributed by atoms with Crippen molar-refractivity contribution in [1.82, 2.24) is 10.3 Å². The van der Waals surface area contributed by atoms with E-state index in [9.17, 15) is 4.79 Å². The summed E-state index contributed by atoms with van der Waals surface area (Å²) in [4.78, 5) is 16.2. The van der Waals surface area contributed by atoms with Gasteiger partial charge in [-0.1, -0.05) is 20.3 Å². The number of thiazole rings is 1. The van der Waals surface area contributed by atoms with Crippen LogP contribution in [0.1, 0.15) is 43.9 Å². The Labute approximate surface area is 107 Å². The van der Waals surface area contributed by atoms with E-state index in [-0.39, 0.29) is 17.9 Å². The second-order valence-electron chi connectivity index (χ2n) is 4.47. The van der Waals surface area contributed by atoms with Crippen LogP contribution < -0.4 is 11.1 Å². The second-order valence-corrected chi connectivity index (χ2v) is 5.36. The Morgan fingerprint density at radius 2 is 2.24 bits per heavy atom. The summed E-state index contributed by atoms with van der Waals surface area (Å²) in [6.45, 7) is 7.90. The van der Waals surface area contributed by atoms with Crippen LogP contribution in [0.2, 0.25) is 0 Å². The van der Waals surface area contributed by atoms with Gasteiger partial charge in [0.05, 0.1) is 12.1 Å². The minimum Gasteiger partial charge on any atom is -0.346 e. The van der Waals surface area contributed by atoms with Gasteiger partial charge in [-0.25, -0.2) is 4.98 Å². The lowest BCUT2D eigenvalue weighted by Gasteiger charge is -2.20. The van der Waals surface area contributed by atoms with Crippen molar-refractivity contribution in [2.75, 3.05) is 0 Å². The van der Waals surface area contributed by atoms with Gasteiger partial charge in [0.2, 0.25) is 5.91 Å². The van der Waals surface area contributed by atoms with Crippen molar-refractivity contribution in [1.29, 1.82) is 0 Å². The highest BCUT2D eigenvalue weighted by molar-refractivity contribution is 7.09. The number of carbonyl (C=O) groups is 1. The Bertz CT molecular complexity index is 378. The van der Waals surface area contributed by atoms with Gasteiger partial charge in [-0.15, -0.1) is 11.3 Å². The molecule has 0 aromatic carbocycles. The van der Waals surface area contributed by atoms with E-state index in [0.717, 1.165) is 17.1 Å². The van der Waals surface area contributed by atoms with Gasteiger partial charge in [0, 0.05) is 11.1 Å². The lowest BCUT2D eigenvalue weighted by atomic mass is 9.99. The Hall–Kier alpha value is -0.940. The molecule has 0 radical (unpaired) electrons. The van der Waals surface area contributed by atoms with Gasteiger partial charge in [0.1, 0.15) is 5.01 Å². The first kappa shape index (κ1) is 14.1. The number of amides is 1. The highest BCUT2D eigenvalue weighted by Crippen LogP contribution is 2.17. The Morgan fingerprint density at radius 3 is 2.71 bits per heavy atom. The largest absolute Gasteiger partial charge is 0.346 e. The Balaban J connectivity index is 2.57. The molecule has 0 saturated heterocycles. The standard InChI is InChI=1S/C12H21N3OS/c1-5-7(2)10(13)11(16)15-9(4)12-14-8(3)6-17-12/h6-7,9-10H,5,13H2,1-4H3,(H,15,16)/t7-,9?,10-/m0/s1. The zero-order chi connectivity index (χ0) is 13.0. The average molecular weight is 255 g/mol. The minimum absolute atomic E-state index is 0.0729. The Morgan fingerprint density at radius 1 is 1.59 bits per heavy atom. The molecule has 3 atom stereocenters. The molecule has 1 amide bonds. The summed E-state index contributed by atoms with van der Waals surface area (Å²) >= 11 is 1.56. The molecule has 4 nitrogen and oxygen atoms in total. The maximum absolute atomic E-state index is 11.9. The third-order valence-corrected chi connectivity index (χ3v) is 4.07. The second kappa shape index (κ2) is 6.12. The average Bonchev–Trinajstić information content (AvgIpc) is 2.73. The molecule has 1 heterocycles. The van der Waals surface area contributed by atoms with Crippen molar-refractivity contribution in [3.8, 4) is 0 Å².